The number of thiazole rings is 1. The van der Waals surface area contributed by atoms with Crippen LogP contribution in [0.4, 0.5) is 21.0 Å². The number of anilines is 3. The second kappa shape index (κ2) is 6.06. The van der Waals surface area contributed by atoms with Crippen LogP contribution in [-0.2, 0) is 0 Å². The number of nitrogen functional groups attached to an aromatic ring is 1. The van der Waals surface area contributed by atoms with Crippen molar-refractivity contribution in [2.24, 2.45) is 0 Å². The van der Waals surface area contributed by atoms with Crippen LogP contribution in [0.3, 0.4) is 0 Å². The van der Waals surface area contributed by atoms with Crippen LogP contribution in [0.15, 0.2) is 18.2 Å². The third kappa shape index (κ3) is 3.00. The number of carbonyl (C=O) groups excluding carboxylic acids is 1. The maximum Gasteiger partial charge on any atom is 0.269 e. The second-order valence-corrected chi connectivity index (χ2v) is 5.22. The molecule has 1 aromatic heterocycles. The first-order chi connectivity index (χ1) is 9.52. The summed E-state index contributed by atoms with van der Waals surface area (Å²) in [6.07, 6.45) is 0. The highest BCUT2D eigenvalue weighted by atomic mass is 35.5. The van der Waals surface area contributed by atoms with Crippen molar-refractivity contribution in [1.29, 1.82) is 0 Å². The van der Waals surface area contributed by atoms with Gasteiger partial charge >= 0.3 is 0 Å². The lowest BCUT2D eigenvalue weighted by molar-refractivity contribution is 0.103. The van der Waals surface area contributed by atoms with E-state index in [1.54, 1.807) is 0 Å². The van der Waals surface area contributed by atoms with Crippen LogP contribution in [0, 0.1) is 5.82 Å². The number of nitrogens with one attached hydrogen (secondary N) is 2. The Bertz CT molecular complexity index is 626. The van der Waals surface area contributed by atoms with Crippen LogP contribution in [-0.4, -0.2) is 17.4 Å². The van der Waals surface area contributed by atoms with Crippen LogP contribution in [0.1, 0.15) is 16.6 Å². The minimum Gasteiger partial charge on any atom is -0.382 e. The third-order valence-electron chi connectivity index (χ3n) is 2.39. The van der Waals surface area contributed by atoms with E-state index in [1.807, 2.05) is 6.92 Å². The Labute approximate surface area is 124 Å². The highest BCUT2D eigenvalue weighted by Gasteiger charge is 2.18. The number of hydrogen-bond donors (Lipinski definition) is 3. The number of amides is 1. The van der Waals surface area contributed by atoms with Gasteiger partial charge in [0.1, 0.15) is 16.5 Å². The number of nitrogens with two attached hydrogens (primary N) is 1. The quantitative estimate of drug-likeness (QED) is 0.809. The molecule has 0 bridgehead atoms. The Morgan fingerprint density at radius 3 is 2.95 bits per heavy atom. The molecule has 0 saturated heterocycles. The molecular formula is C12H12ClFN4OS. The zero-order valence-electron chi connectivity index (χ0n) is 10.5. The molecule has 4 N–H and O–H groups in total. The molecule has 1 aromatic carbocycles. The molecule has 8 heteroatoms. The maximum atomic E-state index is 13.6. The number of para-hydroxylation sites is 1. The normalized spacial score (nSPS) is 10.3. The molecule has 0 aliphatic carbocycles. The molecule has 0 atom stereocenters. The van der Waals surface area contributed by atoms with E-state index in [-0.39, 0.29) is 21.4 Å². The first-order valence-electron chi connectivity index (χ1n) is 5.78. The van der Waals surface area contributed by atoms with Crippen molar-refractivity contribution < 1.29 is 9.18 Å². The molecule has 20 heavy (non-hydrogen) atoms. The average molecular weight is 315 g/mol. The van der Waals surface area contributed by atoms with Gasteiger partial charge < -0.3 is 16.4 Å². The van der Waals surface area contributed by atoms with Gasteiger partial charge in [-0.15, -0.1) is 0 Å². The predicted molar refractivity (Wildman–Crippen MR) is 80.1 cm³/mol. The van der Waals surface area contributed by atoms with E-state index in [9.17, 15) is 9.18 Å². The molecule has 0 saturated carbocycles. The second-order valence-electron chi connectivity index (χ2n) is 3.81. The van der Waals surface area contributed by atoms with Crippen molar-refractivity contribution in [3.05, 3.63) is 33.9 Å². The number of nitrogens with zero attached hydrogens (tertiary/aromatic N) is 1. The Morgan fingerprint density at radius 2 is 2.30 bits per heavy atom. The molecule has 1 heterocycles. The topological polar surface area (TPSA) is 80.0 Å². The fraction of sp³-hybridized carbons (Fsp3) is 0.167. The van der Waals surface area contributed by atoms with Crippen molar-refractivity contribution in [3.8, 4) is 0 Å². The monoisotopic (exact) mass is 314 g/mol. The fourth-order valence-electron chi connectivity index (χ4n) is 1.51. The van der Waals surface area contributed by atoms with Gasteiger partial charge in [-0.2, -0.15) is 0 Å². The molecule has 1 amide bonds. The number of benzene rings is 1. The first kappa shape index (κ1) is 14.5. The van der Waals surface area contributed by atoms with Crippen molar-refractivity contribution >= 4 is 45.5 Å². The molecule has 2 rings (SSSR count). The fourth-order valence-corrected chi connectivity index (χ4v) is 2.57. The van der Waals surface area contributed by atoms with Gasteiger partial charge in [0.2, 0.25) is 0 Å². The Balaban J connectivity index is 2.24. The first-order valence-corrected chi connectivity index (χ1v) is 6.98. The van der Waals surface area contributed by atoms with Gasteiger partial charge in [0.25, 0.3) is 5.91 Å². The molecule has 0 unspecified atom stereocenters. The summed E-state index contributed by atoms with van der Waals surface area (Å²) in [6.45, 7) is 2.56. The molecule has 0 aliphatic rings. The number of carbonyl (C=O) groups is 1. The minimum atomic E-state index is -0.610. The molecular weight excluding hydrogens is 303 g/mol. The van der Waals surface area contributed by atoms with E-state index in [0.717, 1.165) is 11.3 Å². The van der Waals surface area contributed by atoms with Gasteiger partial charge in [0.05, 0.1) is 10.7 Å². The lowest BCUT2D eigenvalue weighted by atomic mass is 10.3. The lowest BCUT2D eigenvalue weighted by Gasteiger charge is -2.07. The van der Waals surface area contributed by atoms with E-state index in [4.69, 9.17) is 17.3 Å². The van der Waals surface area contributed by atoms with E-state index in [2.05, 4.69) is 15.6 Å². The molecule has 2 aromatic rings. The highest BCUT2D eigenvalue weighted by molar-refractivity contribution is 7.18. The van der Waals surface area contributed by atoms with Crippen molar-refractivity contribution in [2.45, 2.75) is 6.92 Å². The van der Waals surface area contributed by atoms with Crippen LogP contribution >= 0.6 is 22.9 Å². The molecule has 0 fully saturated rings. The number of rotatable bonds is 4. The predicted octanol–water partition coefficient (Wildman–Crippen LogP) is 3.20. The van der Waals surface area contributed by atoms with Gasteiger partial charge in [0.15, 0.2) is 5.13 Å². The summed E-state index contributed by atoms with van der Waals surface area (Å²) in [5, 5.41) is 6.02. The summed E-state index contributed by atoms with van der Waals surface area (Å²) in [4.78, 5) is 16.3. The van der Waals surface area contributed by atoms with Gasteiger partial charge in [0, 0.05) is 6.54 Å². The molecule has 0 spiro atoms. The van der Waals surface area contributed by atoms with E-state index >= 15 is 0 Å². The van der Waals surface area contributed by atoms with Crippen LogP contribution in [0.5, 0.6) is 0 Å². The SMILES string of the molecule is CCNc1nc(N)c(C(=O)Nc2c(F)cccc2Cl)s1. The maximum absolute atomic E-state index is 13.6. The summed E-state index contributed by atoms with van der Waals surface area (Å²) >= 11 is 6.94. The summed E-state index contributed by atoms with van der Waals surface area (Å²) in [6, 6.07) is 4.15. The third-order valence-corrected chi connectivity index (χ3v) is 3.73. The van der Waals surface area contributed by atoms with E-state index < -0.39 is 11.7 Å². The van der Waals surface area contributed by atoms with Gasteiger partial charge in [-0.25, -0.2) is 9.37 Å². The summed E-state index contributed by atoms with van der Waals surface area (Å²) in [5.74, 6) is -1.06. The van der Waals surface area contributed by atoms with Crippen molar-refractivity contribution in [2.75, 3.05) is 22.9 Å². The smallest absolute Gasteiger partial charge is 0.269 e. The molecule has 5 nitrogen and oxygen atoms in total. The summed E-state index contributed by atoms with van der Waals surface area (Å²) < 4.78 is 13.6. The standard InChI is InChI=1S/C12H12ClFN4OS/c1-2-16-12-18-10(15)9(20-12)11(19)17-8-6(13)4-3-5-7(8)14/h3-5H,2,15H2,1H3,(H,16,18)(H,17,19). The summed E-state index contributed by atoms with van der Waals surface area (Å²) in [5.41, 5.74) is 5.60. The minimum absolute atomic E-state index is 0.0723. The van der Waals surface area contributed by atoms with Gasteiger partial charge in [-0.05, 0) is 19.1 Å². The Kier molecular flexibility index (Phi) is 4.41. The summed E-state index contributed by atoms with van der Waals surface area (Å²) in [7, 11) is 0. The van der Waals surface area contributed by atoms with Crippen molar-refractivity contribution in [3.63, 3.8) is 0 Å². The van der Waals surface area contributed by atoms with Crippen LogP contribution in [0.2, 0.25) is 5.02 Å². The zero-order valence-corrected chi connectivity index (χ0v) is 12.1. The molecule has 0 radical (unpaired) electrons. The highest BCUT2D eigenvalue weighted by Crippen LogP contribution is 2.29. The Hall–Kier alpha value is -1.86. The van der Waals surface area contributed by atoms with Crippen molar-refractivity contribution in [1.82, 2.24) is 4.98 Å². The van der Waals surface area contributed by atoms with Gasteiger partial charge in [-0.3, -0.25) is 4.79 Å². The molecule has 0 aliphatic heterocycles. The van der Waals surface area contributed by atoms with E-state index in [1.165, 1.54) is 18.2 Å². The molecule has 106 valence electrons. The van der Waals surface area contributed by atoms with Crippen LogP contribution < -0.4 is 16.4 Å². The lowest BCUT2D eigenvalue weighted by Crippen LogP contribution is -2.13. The largest absolute Gasteiger partial charge is 0.382 e. The number of hydrogen-bond acceptors (Lipinski definition) is 5. The Morgan fingerprint density at radius 1 is 1.55 bits per heavy atom. The average Bonchev–Trinajstić information content (AvgIpc) is 2.75. The van der Waals surface area contributed by atoms with E-state index in [0.29, 0.717) is 11.7 Å². The number of halogens is 2. The zero-order chi connectivity index (χ0) is 14.7. The van der Waals surface area contributed by atoms with Gasteiger partial charge in [-0.1, -0.05) is 29.0 Å². The van der Waals surface area contributed by atoms with Crippen LogP contribution in [0.25, 0.3) is 0 Å². The number of aromatic nitrogens is 1.